The van der Waals surface area contributed by atoms with Gasteiger partial charge in [0, 0.05) is 6.20 Å². The fraction of sp³-hybridized carbons (Fsp3) is 0.0714. The highest BCUT2D eigenvalue weighted by Crippen LogP contribution is 2.18. The van der Waals surface area contributed by atoms with Crippen LogP contribution in [0.2, 0.25) is 0 Å². The molecule has 0 spiro atoms. The summed E-state index contributed by atoms with van der Waals surface area (Å²) >= 11 is 0. The average molecular weight is 272 g/mol. The summed E-state index contributed by atoms with van der Waals surface area (Å²) < 4.78 is 0. The Kier molecular flexibility index (Phi) is 3.65. The third-order valence-electron chi connectivity index (χ3n) is 2.72. The van der Waals surface area contributed by atoms with Crippen LogP contribution in [0.3, 0.4) is 0 Å². The van der Waals surface area contributed by atoms with Crippen LogP contribution >= 0.6 is 0 Å². The molecule has 0 radical (unpaired) electrons. The van der Waals surface area contributed by atoms with E-state index < -0.39 is 17.4 Å². The number of aromatic carboxylic acids is 1. The van der Waals surface area contributed by atoms with Crippen LogP contribution in [-0.4, -0.2) is 22.0 Å². The van der Waals surface area contributed by atoms with Crippen molar-refractivity contribution in [3.8, 4) is 0 Å². The van der Waals surface area contributed by atoms with Crippen molar-refractivity contribution in [2.24, 2.45) is 0 Å². The molecule has 0 saturated carbocycles. The summed E-state index contributed by atoms with van der Waals surface area (Å²) in [6, 6.07) is 7.50. The predicted octanol–water partition coefficient (Wildman–Crippen LogP) is 1.63. The number of hydrogen-bond donors (Lipinski definition) is 3. The monoisotopic (exact) mass is 272 g/mol. The van der Waals surface area contributed by atoms with Crippen molar-refractivity contribution < 1.29 is 14.7 Å². The number of pyridine rings is 1. The van der Waals surface area contributed by atoms with E-state index in [1.54, 1.807) is 13.0 Å². The first-order valence-electron chi connectivity index (χ1n) is 5.82. The molecule has 102 valence electrons. The third kappa shape index (κ3) is 2.74. The van der Waals surface area contributed by atoms with Gasteiger partial charge in [-0.1, -0.05) is 11.6 Å². The summed E-state index contributed by atoms with van der Waals surface area (Å²) in [7, 11) is 0. The maximum atomic E-state index is 12.0. The number of anilines is 1. The molecule has 1 aromatic carbocycles. The molecule has 2 rings (SSSR count). The normalized spacial score (nSPS) is 10.1. The highest BCUT2D eigenvalue weighted by Gasteiger charge is 2.15. The van der Waals surface area contributed by atoms with E-state index in [1.165, 1.54) is 30.5 Å². The Morgan fingerprint density at radius 2 is 1.95 bits per heavy atom. The Hall–Kier alpha value is -2.89. The average Bonchev–Trinajstić information content (AvgIpc) is 2.41. The van der Waals surface area contributed by atoms with E-state index in [0.29, 0.717) is 0 Å². The Balaban J connectivity index is 2.36. The molecular weight excluding hydrogens is 260 g/mol. The molecule has 1 aromatic heterocycles. The van der Waals surface area contributed by atoms with E-state index in [4.69, 9.17) is 5.11 Å². The molecule has 20 heavy (non-hydrogen) atoms. The number of nitrogens with one attached hydrogen (secondary N) is 2. The second-order valence-corrected chi connectivity index (χ2v) is 4.22. The van der Waals surface area contributed by atoms with E-state index in [-0.39, 0.29) is 16.8 Å². The molecule has 6 heteroatoms. The van der Waals surface area contributed by atoms with Crippen LogP contribution < -0.4 is 10.9 Å². The lowest BCUT2D eigenvalue weighted by Gasteiger charge is -2.08. The molecule has 0 bridgehead atoms. The summed E-state index contributed by atoms with van der Waals surface area (Å²) in [4.78, 5) is 37.0. The van der Waals surface area contributed by atoms with E-state index >= 15 is 0 Å². The molecule has 0 aliphatic heterocycles. The van der Waals surface area contributed by atoms with Crippen molar-refractivity contribution in [2.45, 2.75) is 6.92 Å². The molecule has 3 N–H and O–H groups in total. The molecule has 6 nitrogen and oxygen atoms in total. The summed E-state index contributed by atoms with van der Waals surface area (Å²) in [6.07, 6.45) is 1.41. The van der Waals surface area contributed by atoms with Crippen LogP contribution in [0, 0.1) is 6.92 Å². The predicted molar refractivity (Wildman–Crippen MR) is 73.2 cm³/mol. The third-order valence-corrected chi connectivity index (χ3v) is 2.72. The van der Waals surface area contributed by atoms with Gasteiger partial charge in [-0.2, -0.15) is 0 Å². The Bertz CT molecular complexity index is 734. The van der Waals surface area contributed by atoms with Gasteiger partial charge in [-0.15, -0.1) is 0 Å². The fourth-order valence-corrected chi connectivity index (χ4v) is 1.73. The van der Waals surface area contributed by atoms with Gasteiger partial charge in [-0.05, 0) is 31.2 Å². The van der Waals surface area contributed by atoms with Crippen LogP contribution in [0.1, 0.15) is 26.3 Å². The number of aromatic nitrogens is 1. The molecule has 0 unspecified atom stereocenters. The zero-order chi connectivity index (χ0) is 14.7. The molecule has 2 aromatic rings. The standard InChI is InChI=1S/C14H12N2O4/c1-8-4-5-11(10(7-8)14(19)20)16-13(18)9-3-2-6-15-12(9)17/h2-7H,1H3,(H,15,17)(H,16,18)(H,19,20). The van der Waals surface area contributed by atoms with Gasteiger partial charge in [0.1, 0.15) is 5.56 Å². The topological polar surface area (TPSA) is 99.3 Å². The molecule has 0 atom stereocenters. The number of benzene rings is 1. The summed E-state index contributed by atoms with van der Waals surface area (Å²) in [5.41, 5.74) is 0.276. The molecule has 0 aliphatic carbocycles. The molecular formula is C14H12N2O4. The number of aryl methyl sites for hydroxylation is 1. The Morgan fingerprint density at radius 3 is 2.60 bits per heavy atom. The maximum Gasteiger partial charge on any atom is 0.337 e. The zero-order valence-electron chi connectivity index (χ0n) is 10.6. The van der Waals surface area contributed by atoms with Gasteiger partial charge in [0.05, 0.1) is 11.3 Å². The van der Waals surface area contributed by atoms with Gasteiger partial charge in [-0.25, -0.2) is 4.79 Å². The van der Waals surface area contributed by atoms with Gasteiger partial charge < -0.3 is 15.4 Å². The summed E-state index contributed by atoms with van der Waals surface area (Å²) in [5.74, 6) is -1.80. The molecule has 0 aliphatic rings. The van der Waals surface area contributed by atoms with Gasteiger partial charge in [0.2, 0.25) is 0 Å². The van der Waals surface area contributed by atoms with E-state index in [9.17, 15) is 14.4 Å². The van der Waals surface area contributed by atoms with Crippen molar-refractivity contribution in [3.63, 3.8) is 0 Å². The minimum absolute atomic E-state index is 0.0225. The maximum absolute atomic E-state index is 12.0. The first-order chi connectivity index (χ1) is 9.49. The number of rotatable bonds is 3. The summed E-state index contributed by atoms with van der Waals surface area (Å²) in [6.45, 7) is 1.75. The number of aromatic amines is 1. The highest BCUT2D eigenvalue weighted by atomic mass is 16.4. The van der Waals surface area contributed by atoms with Crippen LogP contribution in [0.5, 0.6) is 0 Å². The van der Waals surface area contributed by atoms with Gasteiger partial charge in [-0.3, -0.25) is 9.59 Å². The van der Waals surface area contributed by atoms with Crippen molar-refractivity contribution >= 4 is 17.6 Å². The van der Waals surface area contributed by atoms with Crippen LogP contribution in [-0.2, 0) is 0 Å². The van der Waals surface area contributed by atoms with Crippen molar-refractivity contribution in [3.05, 3.63) is 63.6 Å². The van der Waals surface area contributed by atoms with E-state index in [1.807, 2.05) is 0 Å². The molecule has 1 heterocycles. The lowest BCUT2D eigenvalue weighted by atomic mass is 10.1. The van der Waals surface area contributed by atoms with Crippen LogP contribution in [0.15, 0.2) is 41.3 Å². The number of carbonyl (C=O) groups is 2. The minimum atomic E-state index is -1.15. The van der Waals surface area contributed by atoms with Crippen LogP contribution in [0.4, 0.5) is 5.69 Å². The number of amides is 1. The fourth-order valence-electron chi connectivity index (χ4n) is 1.73. The number of H-pyrrole nitrogens is 1. The lowest BCUT2D eigenvalue weighted by molar-refractivity contribution is 0.0698. The van der Waals surface area contributed by atoms with Crippen molar-refractivity contribution in [2.75, 3.05) is 5.32 Å². The first kappa shape index (κ1) is 13.5. The second kappa shape index (κ2) is 5.40. The van der Waals surface area contributed by atoms with Crippen molar-refractivity contribution in [1.82, 2.24) is 4.98 Å². The lowest BCUT2D eigenvalue weighted by Crippen LogP contribution is -2.23. The number of carboxylic acid groups (broad SMARTS) is 1. The number of carbonyl (C=O) groups excluding carboxylic acids is 1. The number of carboxylic acids is 1. The van der Waals surface area contributed by atoms with Crippen LogP contribution in [0.25, 0.3) is 0 Å². The highest BCUT2D eigenvalue weighted by molar-refractivity contribution is 6.07. The molecule has 0 fully saturated rings. The minimum Gasteiger partial charge on any atom is -0.478 e. The smallest absolute Gasteiger partial charge is 0.337 e. The molecule has 0 saturated heterocycles. The summed E-state index contributed by atoms with van der Waals surface area (Å²) in [5, 5.41) is 11.5. The van der Waals surface area contributed by atoms with E-state index in [0.717, 1.165) is 5.56 Å². The SMILES string of the molecule is Cc1ccc(NC(=O)c2ccc[nH]c2=O)c(C(=O)O)c1. The largest absolute Gasteiger partial charge is 0.478 e. The second-order valence-electron chi connectivity index (χ2n) is 4.22. The molecule has 1 amide bonds. The van der Waals surface area contributed by atoms with E-state index in [2.05, 4.69) is 10.3 Å². The van der Waals surface area contributed by atoms with Gasteiger partial charge >= 0.3 is 5.97 Å². The van der Waals surface area contributed by atoms with Gasteiger partial charge in [0.25, 0.3) is 11.5 Å². The Morgan fingerprint density at radius 1 is 1.20 bits per heavy atom. The van der Waals surface area contributed by atoms with Crippen molar-refractivity contribution in [1.29, 1.82) is 0 Å². The quantitative estimate of drug-likeness (QED) is 0.790. The first-order valence-corrected chi connectivity index (χ1v) is 5.82. The Labute approximate surface area is 114 Å². The van der Waals surface area contributed by atoms with Gasteiger partial charge in [0.15, 0.2) is 0 Å². The number of hydrogen-bond acceptors (Lipinski definition) is 3. The zero-order valence-corrected chi connectivity index (χ0v) is 10.6.